The molecule has 6 nitrogen and oxygen atoms in total. The van der Waals surface area contributed by atoms with Crippen LogP contribution in [0.3, 0.4) is 0 Å². The second kappa shape index (κ2) is 7.96. The summed E-state index contributed by atoms with van der Waals surface area (Å²) >= 11 is 0. The van der Waals surface area contributed by atoms with Crippen molar-refractivity contribution in [1.29, 1.82) is 0 Å². The lowest BCUT2D eigenvalue weighted by molar-refractivity contribution is 0.330. The molecule has 0 saturated heterocycles. The van der Waals surface area contributed by atoms with Crippen LogP contribution in [0.2, 0.25) is 0 Å². The number of rotatable bonds is 3. The minimum atomic E-state index is -0.995. The fraction of sp³-hybridized carbons (Fsp3) is 0.0323. The molecule has 0 bridgehead atoms. The molecule has 182 valence electrons. The van der Waals surface area contributed by atoms with Crippen molar-refractivity contribution in [2.45, 2.75) is 5.41 Å². The summed E-state index contributed by atoms with van der Waals surface area (Å²) in [7, 11) is 0. The summed E-state index contributed by atoms with van der Waals surface area (Å²) in [5, 5.41) is 51.6. The monoisotopic (exact) mass is 489 g/mol. The predicted molar refractivity (Wildman–Crippen MR) is 142 cm³/mol. The molecule has 1 aliphatic carbocycles. The Morgan fingerprint density at radius 1 is 0.486 bits per heavy atom. The lowest BCUT2D eigenvalue weighted by Crippen LogP contribution is -2.28. The number of nitrogens with two attached hydrogens (primary N) is 1. The average Bonchev–Trinajstić information content (AvgIpc) is 3.21. The summed E-state index contributed by atoms with van der Waals surface area (Å²) in [6, 6.07) is 31.2. The molecule has 7 N–H and O–H groups in total. The Kier molecular flexibility index (Phi) is 4.81. The van der Waals surface area contributed by atoms with E-state index in [0.717, 1.165) is 33.4 Å². The maximum Gasteiger partial charge on any atom is 0.208 e. The van der Waals surface area contributed by atoms with E-state index >= 15 is 0 Å². The summed E-state index contributed by atoms with van der Waals surface area (Å²) in [6.45, 7) is 0. The highest BCUT2D eigenvalue weighted by Crippen LogP contribution is 2.59. The largest absolute Gasteiger partial charge is 0.504 e. The van der Waals surface area contributed by atoms with Gasteiger partial charge in [0.1, 0.15) is 0 Å². The molecule has 5 aromatic carbocycles. The molecule has 0 aromatic heterocycles. The van der Waals surface area contributed by atoms with Gasteiger partial charge in [-0.1, -0.05) is 78.9 Å². The van der Waals surface area contributed by atoms with E-state index in [1.807, 2.05) is 66.7 Å². The highest BCUT2D eigenvalue weighted by Gasteiger charge is 2.46. The van der Waals surface area contributed by atoms with Crippen molar-refractivity contribution in [2.75, 3.05) is 5.73 Å². The molecule has 0 amide bonds. The fourth-order valence-electron chi connectivity index (χ4n) is 5.62. The van der Waals surface area contributed by atoms with E-state index < -0.39 is 34.2 Å². The number of fused-ring (bicyclic) bond motifs is 3. The highest BCUT2D eigenvalue weighted by molar-refractivity contribution is 5.92. The lowest BCUT2D eigenvalue weighted by atomic mass is 9.67. The second-order valence-corrected chi connectivity index (χ2v) is 9.17. The van der Waals surface area contributed by atoms with Crippen LogP contribution in [0, 0.1) is 0 Å². The molecule has 0 radical (unpaired) electrons. The minimum absolute atomic E-state index is 0.193. The number of benzene rings is 5. The van der Waals surface area contributed by atoms with Gasteiger partial charge in [0.15, 0.2) is 11.5 Å². The first-order valence-corrected chi connectivity index (χ1v) is 11.7. The Balaban J connectivity index is 1.75. The van der Waals surface area contributed by atoms with Gasteiger partial charge in [0.05, 0.1) is 11.0 Å². The smallest absolute Gasteiger partial charge is 0.208 e. The molecule has 0 fully saturated rings. The Labute approximate surface area is 212 Å². The zero-order valence-corrected chi connectivity index (χ0v) is 19.6. The van der Waals surface area contributed by atoms with Crippen molar-refractivity contribution in [1.82, 2.24) is 0 Å². The normalized spacial score (nSPS) is 13.2. The van der Waals surface area contributed by atoms with E-state index in [4.69, 9.17) is 5.73 Å². The van der Waals surface area contributed by atoms with Crippen molar-refractivity contribution in [3.8, 4) is 51.0 Å². The van der Waals surface area contributed by atoms with Crippen LogP contribution in [0.25, 0.3) is 22.3 Å². The van der Waals surface area contributed by atoms with Gasteiger partial charge in [-0.25, -0.2) is 0 Å². The van der Waals surface area contributed by atoms with E-state index in [2.05, 4.69) is 24.3 Å². The molecular weight excluding hydrogens is 466 g/mol. The molecule has 0 aliphatic heterocycles. The molecule has 0 unspecified atom stereocenters. The molecule has 5 aromatic rings. The third-order valence-electron chi connectivity index (χ3n) is 7.23. The van der Waals surface area contributed by atoms with Gasteiger partial charge < -0.3 is 31.3 Å². The van der Waals surface area contributed by atoms with Crippen molar-refractivity contribution in [3.05, 3.63) is 119 Å². The standard InChI is InChI=1S/C31H23NO5/c32-20-12-14-22-21-13-11-17(25-26(33)28(35)30(37)29(36)27(25)34)15-23(21)31(24(22)16-20,18-7-3-1-4-8-18)19-9-5-2-6-10-19/h1-16,33-37H,32H2. The van der Waals surface area contributed by atoms with Gasteiger partial charge in [-0.15, -0.1) is 0 Å². The molecule has 1 aliphatic rings. The van der Waals surface area contributed by atoms with Crippen LogP contribution < -0.4 is 5.73 Å². The first-order chi connectivity index (χ1) is 17.9. The topological polar surface area (TPSA) is 127 Å². The summed E-state index contributed by atoms with van der Waals surface area (Å²) in [5.41, 5.74) is 12.1. The van der Waals surface area contributed by atoms with E-state index in [1.54, 1.807) is 6.07 Å². The van der Waals surface area contributed by atoms with Gasteiger partial charge in [-0.2, -0.15) is 0 Å². The third-order valence-corrected chi connectivity index (χ3v) is 7.23. The number of phenolic OH excluding ortho intramolecular Hbond substituents is 5. The first-order valence-electron chi connectivity index (χ1n) is 11.7. The predicted octanol–water partition coefficient (Wildman–Crippen LogP) is 5.83. The van der Waals surface area contributed by atoms with E-state index in [9.17, 15) is 25.5 Å². The molecule has 0 spiro atoms. The number of hydrogen-bond acceptors (Lipinski definition) is 6. The van der Waals surface area contributed by atoms with Crippen molar-refractivity contribution < 1.29 is 25.5 Å². The summed E-state index contributed by atoms with van der Waals surface area (Å²) in [4.78, 5) is 0. The van der Waals surface area contributed by atoms with Crippen molar-refractivity contribution in [2.24, 2.45) is 0 Å². The van der Waals surface area contributed by atoms with Crippen LogP contribution in [0.1, 0.15) is 22.3 Å². The molecule has 37 heavy (non-hydrogen) atoms. The van der Waals surface area contributed by atoms with E-state index in [-0.39, 0.29) is 5.56 Å². The van der Waals surface area contributed by atoms with E-state index in [0.29, 0.717) is 11.3 Å². The van der Waals surface area contributed by atoms with Crippen LogP contribution in [-0.4, -0.2) is 25.5 Å². The number of phenols is 5. The zero-order valence-electron chi connectivity index (χ0n) is 19.6. The number of hydrogen-bond donors (Lipinski definition) is 6. The van der Waals surface area contributed by atoms with E-state index in [1.165, 1.54) is 0 Å². The van der Waals surface area contributed by atoms with Gasteiger partial charge in [-0.3, -0.25) is 0 Å². The lowest BCUT2D eigenvalue weighted by Gasteiger charge is -2.34. The third kappa shape index (κ3) is 2.99. The summed E-state index contributed by atoms with van der Waals surface area (Å²) in [5.74, 6) is -4.31. The molecule has 0 atom stereocenters. The number of nitrogen functional groups attached to an aromatic ring is 1. The molecule has 6 heteroatoms. The summed E-state index contributed by atoms with van der Waals surface area (Å²) in [6.07, 6.45) is 0. The van der Waals surface area contributed by atoms with Gasteiger partial charge >= 0.3 is 0 Å². The van der Waals surface area contributed by atoms with Crippen LogP contribution in [0.15, 0.2) is 97.1 Å². The maximum atomic E-state index is 10.7. The summed E-state index contributed by atoms with van der Waals surface area (Å²) < 4.78 is 0. The van der Waals surface area contributed by atoms with Gasteiger partial charge in [-0.05, 0) is 57.1 Å². The van der Waals surface area contributed by atoms with Gasteiger partial charge in [0.25, 0.3) is 0 Å². The second-order valence-electron chi connectivity index (χ2n) is 9.17. The van der Waals surface area contributed by atoms with Crippen LogP contribution in [-0.2, 0) is 5.41 Å². The average molecular weight is 490 g/mol. The Morgan fingerprint density at radius 3 is 1.49 bits per heavy atom. The zero-order chi connectivity index (χ0) is 25.9. The highest BCUT2D eigenvalue weighted by atomic mass is 16.4. The molecule has 0 heterocycles. The number of anilines is 1. The Bertz CT molecular complexity index is 1610. The van der Waals surface area contributed by atoms with Gasteiger partial charge in [0, 0.05) is 5.69 Å². The maximum absolute atomic E-state index is 10.7. The molecule has 0 saturated carbocycles. The molecule has 6 rings (SSSR count). The fourth-order valence-corrected chi connectivity index (χ4v) is 5.62. The van der Waals surface area contributed by atoms with Crippen molar-refractivity contribution in [3.63, 3.8) is 0 Å². The molecular formula is C31H23NO5. The SMILES string of the molecule is Nc1ccc2c(c1)C(c1ccccc1)(c1ccccc1)c1cc(-c3c(O)c(O)c(O)c(O)c3O)ccc1-2. The minimum Gasteiger partial charge on any atom is -0.504 e. The van der Waals surface area contributed by atoms with Crippen molar-refractivity contribution >= 4 is 5.69 Å². The van der Waals surface area contributed by atoms with Crippen LogP contribution in [0.5, 0.6) is 28.7 Å². The Hall–Kier alpha value is -5.10. The first kappa shape index (κ1) is 22.4. The van der Waals surface area contributed by atoms with Crippen LogP contribution >= 0.6 is 0 Å². The van der Waals surface area contributed by atoms with Crippen LogP contribution in [0.4, 0.5) is 5.69 Å². The number of aromatic hydroxyl groups is 5. The van der Waals surface area contributed by atoms with Gasteiger partial charge in [0.2, 0.25) is 17.2 Å². The quantitative estimate of drug-likeness (QED) is 0.106. The Morgan fingerprint density at radius 2 is 0.946 bits per heavy atom.